The van der Waals surface area contributed by atoms with Crippen LogP contribution in [0.25, 0.3) is 0 Å². The summed E-state index contributed by atoms with van der Waals surface area (Å²) in [6, 6.07) is 0. The molecule has 0 saturated heterocycles. The van der Waals surface area contributed by atoms with Gasteiger partial charge >= 0.3 is 0 Å². The maximum absolute atomic E-state index is 7.57. The highest BCUT2D eigenvalue weighted by Gasteiger charge is 1.98. The molecule has 88 valence electrons. The van der Waals surface area contributed by atoms with E-state index in [0.717, 1.165) is 25.9 Å². The first-order valence-electron chi connectivity index (χ1n) is 5.71. The predicted octanol–water partition coefficient (Wildman–Crippen LogP) is 2.27. The molecular formula is C11H24N4. The van der Waals surface area contributed by atoms with E-state index >= 15 is 0 Å². The molecule has 0 atom stereocenters. The molecule has 0 saturated carbocycles. The number of hydrazine groups is 1. The Balaban J connectivity index is 3.80. The van der Waals surface area contributed by atoms with Gasteiger partial charge in [-0.05, 0) is 12.3 Å². The Labute approximate surface area is 93.2 Å². The van der Waals surface area contributed by atoms with Crippen LogP contribution in [0.4, 0.5) is 0 Å². The van der Waals surface area contributed by atoms with Crippen LogP contribution in [0.15, 0.2) is 4.99 Å². The van der Waals surface area contributed by atoms with E-state index in [2.05, 4.69) is 43.1 Å². The second kappa shape index (κ2) is 8.41. The standard InChI is InChI=1S/C11H24N4/c1-5-7-15(6-2)14-9-13-11(12)8-10(3)4/h9-10H,5-8H2,1-4H3,(H2,12,13,14). The molecule has 4 nitrogen and oxygen atoms in total. The number of rotatable bonds is 7. The quantitative estimate of drug-likeness (QED) is 0.386. The van der Waals surface area contributed by atoms with Gasteiger partial charge < -0.3 is 5.43 Å². The monoisotopic (exact) mass is 212 g/mol. The molecule has 0 fully saturated rings. The summed E-state index contributed by atoms with van der Waals surface area (Å²) in [6.07, 6.45) is 3.46. The van der Waals surface area contributed by atoms with Gasteiger partial charge in [-0.15, -0.1) is 0 Å². The first-order valence-corrected chi connectivity index (χ1v) is 5.71. The van der Waals surface area contributed by atoms with E-state index < -0.39 is 0 Å². The molecule has 0 aliphatic heterocycles. The van der Waals surface area contributed by atoms with Crippen LogP contribution in [0.3, 0.4) is 0 Å². The summed E-state index contributed by atoms with van der Waals surface area (Å²) in [6.45, 7) is 10.4. The SMILES string of the molecule is CCCN(CC)NC=NC(=N)CC(C)C. The second-order valence-electron chi connectivity index (χ2n) is 4.01. The third-order valence-corrected chi connectivity index (χ3v) is 1.94. The van der Waals surface area contributed by atoms with E-state index in [1.54, 1.807) is 6.34 Å². The van der Waals surface area contributed by atoms with E-state index in [9.17, 15) is 0 Å². The maximum atomic E-state index is 7.57. The number of hydrogen-bond donors (Lipinski definition) is 2. The van der Waals surface area contributed by atoms with E-state index in [1.807, 2.05) is 0 Å². The van der Waals surface area contributed by atoms with Crippen LogP contribution in [0, 0.1) is 11.3 Å². The minimum atomic E-state index is 0.435. The van der Waals surface area contributed by atoms with Crippen LogP contribution < -0.4 is 5.43 Å². The molecule has 0 rings (SSSR count). The Morgan fingerprint density at radius 3 is 2.60 bits per heavy atom. The average molecular weight is 212 g/mol. The summed E-state index contributed by atoms with van der Waals surface area (Å²) >= 11 is 0. The fourth-order valence-corrected chi connectivity index (χ4v) is 1.21. The predicted molar refractivity (Wildman–Crippen MR) is 66.3 cm³/mol. The Morgan fingerprint density at radius 2 is 2.13 bits per heavy atom. The zero-order valence-electron chi connectivity index (χ0n) is 10.4. The van der Waals surface area contributed by atoms with E-state index in [4.69, 9.17) is 5.41 Å². The number of aliphatic imine (C=N–C) groups is 1. The first kappa shape index (κ1) is 14.1. The van der Waals surface area contributed by atoms with Crippen molar-refractivity contribution in [3.63, 3.8) is 0 Å². The molecule has 0 amide bonds. The van der Waals surface area contributed by atoms with Gasteiger partial charge in [-0.25, -0.2) is 10.0 Å². The third kappa shape index (κ3) is 8.12. The Bertz CT molecular complexity index is 199. The smallest absolute Gasteiger partial charge is 0.122 e. The third-order valence-electron chi connectivity index (χ3n) is 1.94. The van der Waals surface area contributed by atoms with E-state index in [-0.39, 0.29) is 0 Å². The largest absolute Gasteiger partial charge is 0.309 e. The molecule has 0 aromatic heterocycles. The number of hydrogen-bond acceptors (Lipinski definition) is 2. The van der Waals surface area contributed by atoms with Crippen molar-refractivity contribution in [2.24, 2.45) is 10.9 Å². The Morgan fingerprint density at radius 1 is 1.47 bits per heavy atom. The zero-order valence-corrected chi connectivity index (χ0v) is 10.4. The molecule has 0 spiro atoms. The summed E-state index contributed by atoms with van der Waals surface area (Å²) in [5.41, 5.74) is 3.08. The molecule has 0 aliphatic rings. The molecule has 0 unspecified atom stereocenters. The van der Waals surface area contributed by atoms with Gasteiger partial charge in [0.25, 0.3) is 0 Å². The molecule has 0 aromatic carbocycles. The van der Waals surface area contributed by atoms with E-state index in [0.29, 0.717) is 11.8 Å². The lowest BCUT2D eigenvalue weighted by Gasteiger charge is -2.18. The molecular weight excluding hydrogens is 188 g/mol. The van der Waals surface area contributed by atoms with Gasteiger partial charge in [-0.3, -0.25) is 5.41 Å². The minimum Gasteiger partial charge on any atom is -0.309 e. The van der Waals surface area contributed by atoms with Crippen molar-refractivity contribution in [3.05, 3.63) is 0 Å². The highest BCUT2D eigenvalue weighted by Crippen LogP contribution is 2.00. The fraction of sp³-hybridized carbons (Fsp3) is 0.818. The van der Waals surface area contributed by atoms with Crippen molar-refractivity contribution in [2.75, 3.05) is 13.1 Å². The number of nitrogens with one attached hydrogen (secondary N) is 2. The van der Waals surface area contributed by atoms with Crippen LogP contribution in [0.2, 0.25) is 0 Å². The summed E-state index contributed by atoms with van der Waals surface area (Å²) in [5, 5.41) is 9.64. The first-order chi connectivity index (χ1) is 7.10. The van der Waals surface area contributed by atoms with Crippen LogP contribution in [0.1, 0.15) is 40.5 Å². The average Bonchev–Trinajstić information content (AvgIpc) is 2.15. The molecule has 0 aliphatic carbocycles. The van der Waals surface area contributed by atoms with Crippen molar-refractivity contribution in [3.8, 4) is 0 Å². The van der Waals surface area contributed by atoms with Gasteiger partial charge in [0.15, 0.2) is 0 Å². The number of nitrogens with zero attached hydrogens (tertiary/aromatic N) is 2. The van der Waals surface area contributed by atoms with Crippen molar-refractivity contribution in [2.45, 2.75) is 40.5 Å². The lowest BCUT2D eigenvalue weighted by Crippen LogP contribution is -2.37. The van der Waals surface area contributed by atoms with Crippen LogP contribution >= 0.6 is 0 Å². The van der Waals surface area contributed by atoms with E-state index in [1.165, 1.54) is 0 Å². The molecule has 0 radical (unpaired) electrons. The lowest BCUT2D eigenvalue weighted by atomic mass is 10.1. The van der Waals surface area contributed by atoms with Crippen LogP contribution in [-0.4, -0.2) is 30.3 Å². The maximum Gasteiger partial charge on any atom is 0.122 e. The van der Waals surface area contributed by atoms with Crippen LogP contribution in [-0.2, 0) is 0 Å². The van der Waals surface area contributed by atoms with Crippen molar-refractivity contribution in [1.29, 1.82) is 5.41 Å². The van der Waals surface area contributed by atoms with Crippen molar-refractivity contribution >= 4 is 12.2 Å². The van der Waals surface area contributed by atoms with Gasteiger partial charge in [0.2, 0.25) is 0 Å². The zero-order chi connectivity index (χ0) is 11.7. The van der Waals surface area contributed by atoms with Gasteiger partial charge in [-0.2, -0.15) is 0 Å². The molecule has 15 heavy (non-hydrogen) atoms. The highest BCUT2D eigenvalue weighted by molar-refractivity contribution is 5.86. The fourth-order valence-electron chi connectivity index (χ4n) is 1.21. The summed E-state index contributed by atoms with van der Waals surface area (Å²) in [4.78, 5) is 4.04. The molecule has 4 heteroatoms. The molecule has 0 bridgehead atoms. The normalized spacial score (nSPS) is 11.6. The minimum absolute atomic E-state index is 0.435. The molecule has 0 heterocycles. The Kier molecular flexibility index (Phi) is 7.91. The van der Waals surface area contributed by atoms with Crippen molar-refractivity contribution in [1.82, 2.24) is 10.4 Å². The summed E-state index contributed by atoms with van der Waals surface area (Å²) in [7, 11) is 0. The van der Waals surface area contributed by atoms with Gasteiger partial charge in [0.1, 0.15) is 12.2 Å². The van der Waals surface area contributed by atoms with Gasteiger partial charge in [0.05, 0.1) is 0 Å². The lowest BCUT2D eigenvalue weighted by molar-refractivity contribution is 0.252. The summed E-state index contributed by atoms with van der Waals surface area (Å²) < 4.78 is 0. The topological polar surface area (TPSA) is 51.5 Å². The van der Waals surface area contributed by atoms with Crippen LogP contribution in [0.5, 0.6) is 0 Å². The summed E-state index contributed by atoms with van der Waals surface area (Å²) in [5.74, 6) is 0.928. The molecule has 2 N–H and O–H groups in total. The van der Waals surface area contributed by atoms with Crippen molar-refractivity contribution < 1.29 is 0 Å². The Hall–Kier alpha value is -0.900. The van der Waals surface area contributed by atoms with Gasteiger partial charge in [0, 0.05) is 19.5 Å². The highest BCUT2D eigenvalue weighted by atomic mass is 15.5. The molecule has 0 aromatic rings. The van der Waals surface area contributed by atoms with Gasteiger partial charge in [-0.1, -0.05) is 27.7 Å². The second-order valence-corrected chi connectivity index (χ2v) is 4.01. The number of amidine groups is 1.